The second kappa shape index (κ2) is 7.13. The van der Waals surface area contributed by atoms with Crippen LogP contribution in [0.2, 0.25) is 0 Å². The lowest BCUT2D eigenvalue weighted by molar-refractivity contribution is 0.0951. The number of carbonyl (C=O) groups is 1. The van der Waals surface area contributed by atoms with E-state index in [1.54, 1.807) is 25.4 Å². The van der Waals surface area contributed by atoms with Gasteiger partial charge >= 0.3 is 0 Å². The Labute approximate surface area is 136 Å². The molecule has 0 spiro atoms. The number of anilines is 1. The number of hydrogen-bond donors (Lipinski definition) is 2. The average Bonchev–Trinajstić information content (AvgIpc) is 3.40. The Kier molecular flexibility index (Phi) is 4.76. The van der Waals surface area contributed by atoms with E-state index in [1.807, 2.05) is 24.3 Å². The number of pyridine rings is 1. The minimum Gasteiger partial charge on any atom is -0.497 e. The third kappa shape index (κ3) is 4.45. The highest BCUT2D eigenvalue weighted by atomic mass is 16.5. The van der Waals surface area contributed by atoms with Crippen LogP contribution in [0.3, 0.4) is 0 Å². The summed E-state index contributed by atoms with van der Waals surface area (Å²) in [7, 11) is 1.66. The largest absolute Gasteiger partial charge is 0.497 e. The van der Waals surface area contributed by atoms with Gasteiger partial charge in [0.25, 0.3) is 5.91 Å². The highest BCUT2D eigenvalue weighted by Crippen LogP contribution is 2.19. The fourth-order valence-corrected chi connectivity index (χ4v) is 2.29. The summed E-state index contributed by atoms with van der Waals surface area (Å²) in [4.78, 5) is 16.3. The number of rotatable bonds is 7. The van der Waals surface area contributed by atoms with Crippen molar-refractivity contribution in [3.8, 4) is 5.75 Å². The number of benzene rings is 1. The molecule has 1 saturated carbocycles. The van der Waals surface area contributed by atoms with Crippen LogP contribution in [0.15, 0.2) is 42.6 Å². The Bertz CT molecular complexity index is 666. The van der Waals surface area contributed by atoms with E-state index < -0.39 is 0 Å². The van der Waals surface area contributed by atoms with Crippen LogP contribution < -0.4 is 15.4 Å². The van der Waals surface area contributed by atoms with E-state index in [2.05, 4.69) is 15.6 Å². The summed E-state index contributed by atoms with van der Waals surface area (Å²) in [5.41, 5.74) is 1.87. The van der Waals surface area contributed by atoms with E-state index in [1.165, 1.54) is 5.56 Å². The maximum Gasteiger partial charge on any atom is 0.251 e. The first-order valence-electron chi connectivity index (χ1n) is 7.88. The van der Waals surface area contributed by atoms with Crippen molar-refractivity contribution < 1.29 is 9.53 Å². The molecule has 0 radical (unpaired) electrons. The van der Waals surface area contributed by atoms with Gasteiger partial charge in [-0.15, -0.1) is 0 Å². The molecule has 1 aliphatic carbocycles. The Morgan fingerprint density at radius 2 is 2.04 bits per heavy atom. The summed E-state index contributed by atoms with van der Waals surface area (Å²) in [6, 6.07) is 11.9. The van der Waals surface area contributed by atoms with E-state index in [4.69, 9.17) is 4.74 Å². The first-order valence-corrected chi connectivity index (χ1v) is 7.88. The maximum absolute atomic E-state index is 12.0. The van der Waals surface area contributed by atoms with Gasteiger partial charge in [-0.05, 0) is 49.1 Å². The average molecular weight is 311 g/mol. The first-order chi connectivity index (χ1) is 11.2. The Balaban J connectivity index is 1.52. The van der Waals surface area contributed by atoms with Gasteiger partial charge < -0.3 is 15.4 Å². The molecule has 1 aromatic heterocycles. The predicted molar refractivity (Wildman–Crippen MR) is 89.9 cm³/mol. The number of carbonyl (C=O) groups excluding carboxylic acids is 1. The highest BCUT2D eigenvalue weighted by Gasteiger charge is 2.23. The number of amides is 1. The molecule has 5 heteroatoms. The number of methoxy groups -OCH3 is 1. The van der Waals surface area contributed by atoms with Crippen molar-refractivity contribution >= 4 is 11.7 Å². The topological polar surface area (TPSA) is 63.2 Å². The third-order valence-corrected chi connectivity index (χ3v) is 3.81. The van der Waals surface area contributed by atoms with Gasteiger partial charge in [-0.25, -0.2) is 4.98 Å². The molecule has 1 aliphatic rings. The molecule has 23 heavy (non-hydrogen) atoms. The van der Waals surface area contributed by atoms with Gasteiger partial charge in [-0.3, -0.25) is 4.79 Å². The maximum atomic E-state index is 12.0. The van der Waals surface area contributed by atoms with Gasteiger partial charge in [0, 0.05) is 24.3 Å². The number of aromatic nitrogens is 1. The van der Waals surface area contributed by atoms with Crippen molar-refractivity contribution in [3.63, 3.8) is 0 Å². The van der Waals surface area contributed by atoms with Gasteiger partial charge in [-0.2, -0.15) is 0 Å². The molecule has 1 amide bonds. The Hall–Kier alpha value is -2.56. The van der Waals surface area contributed by atoms with Crippen molar-refractivity contribution in [2.75, 3.05) is 19.0 Å². The molecule has 120 valence electrons. The fourth-order valence-electron chi connectivity index (χ4n) is 2.29. The van der Waals surface area contributed by atoms with Crippen LogP contribution in [-0.4, -0.2) is 30.6 Å². The quantitative estimate of drug-likeness (QED) is 0.825. The zero-order valence-corrected chi connectivity index (χ0v) is 13.2. The molecule has 1 heterocycles. The Morgan fingerprint density at radius 1 is 1.26 bits per heavy atom. The van der Waals surface area contributed by atoms with Crippen molar-refractivity contribution in [1.29, 1.82) is 0 Å². The molecule has 0 atom stereocenters. The number of nitrogens with zero attached hydrogens (tertiary/aromatic N) is 1. The standard InChI is InChI=1S/C18H21N3O2/c1-23-16-6-2-13(3-7-16)8-10-19-17-12-14(9-11-20-17)18(22)21-15-4-5-15/h2-3,6-7,9,11-12,15H,4-5,8,10H2,1H3,(H,19,20)(H,21,22). The van der Waals surface area contributed by atoms with Crippen molar-refractivity contribution in [1.82, 2.24) is 10.3 Å². The molecule has 1 fully saturated rings. The summed E-state index contributed by atoms with van der Waals surface area (Å²) in [6.45, 7) is 0.757. The number of ether oxygens (including phenoxy) is 1. The van der Waals surface area contributed by atoms with Crippen LogP contribution in [0.1, 0.15) is 28.8 Å². The van der Waals surface area contributed by atoms with E-state index in [0.29, 0.717) is 11.6 Å². The predicted octanol–water partition coefficient (Wildman–Crippen LogP) is 2.64. The molecule has 0 aliphatic heterocycles. The summed E-state index contributed by atoms with van der Waals surface area (Å²) >= 11 is 0. The fraction of sp³-hybridized carbons (Fsp3) is 0.333. The SMILES string of the molecule is COc1ccc(CCNc2cc(C(=O)NC3CC3)ccn2)cc1. The van der Waals surface area contributed by atoms with Crippen molar-refractivity contribution in [2.45, 2.75) is 25.3 Å². The van der Waals surface area contributed by atoms with Crippen LogP contribution in [-0.2, 0) is 6.42 Å². The molecular weight excluding hydrogens is 290 g/mol. The van der Waals surface area contributed by atoms with Crippen LogP contribution >= 0.6 is 0 Å². The molecule has 0 bridgehead atoms. The summed E-state index contributed by atoms with van der Waals surface area (Å²) in [6.07, 6.45) is 4.72. The number of nitrogens with one attached hydrogen (secondary N) is 2. The van der Waals surface area contributed by atoms with Crippen LogP contribution in [0.5, 0.6) is 5.75 Å². The minimum atomic E-state index is -0.0203. The van der Waals surface area contributed by atoms with E-state index >= 15 is 0 Å². The molecule has 3 rings (SSSR count). The van der Waals surface area contributed by atoms with Crippen LogP contribution in [0, 0.1) is 0 Å². The normalized spacial score (nSPS) is 13.4. The highest BCUT2D eigenvalue weighted by molar-refractivity contribution is 5.95. The van der Waals surface area contributed by atoms with E-state index in [9.17, 15) is 4.79 Å². The van der Waals surface area contributed by atoms with E-state index in [-0.39, 0.29) is 5.91 Å². The van der Waals surface area contributed by atoms with Gasteiger partial charge in [0.15, 0.2) is 0 Å². The monoisotopic (exact) mass is 311 g/mol. The van der Waals surface area contributed by atoms with Crippen LogP contribution in [0.4, 0.5) is 5.82 Å². The van der Waals surface area contributed by atoms with Gasteiger partial charge in [-0.1, -0.05) is 12.1 Å². The van der Waals surface area contributed by atoms with Gasteiger partial charge in [0.05, 0.1) is 7.11 Å². The summed E-state index contributed by atoms with van der Waals surface area (Å²) in [5.74, 6) is 1.56. The molecule has 2 N–H and O–H groups in total. The zero-order chi connectivity index (χ0) is 16.1. The Morgan fingerprint density at radius 3 is 2.74 bits per heavy atom. The van der Waals surface area contributed by atoms with Crippen molar-refractivity contribution in [2.24, 2.45) is 0 Å². The third-order valence-electron chi connectivity index (χ3n) is 3.81. The zero-order valence-electron chi connectivity index (χ0n) is 13.2. The van der Waals surface area contributed by atoms with Gasteiger partial charge in [0.2, 0.25) is 0 Å². The molecule has 0 saturated heterocycles. The van der Waals surface area contributed by atoms with Crippen LogP contribution in [0.25, 0.3) is 0 Å². The molecular formula is C18H21N3O2. The number of hydrogen-bond acceptors (Lipinski definition) is 4. The smallest absolute Gasteiger partial charge is 0.251 e. The lowest BCUT2D eigenvalue weighted by Crippen LogP contribution is -2.25. The van der Waals surface area contributed by atoms with Crippen molar-refractivity contribution in [3.05, 3.63) is 53.7 Å². The second-order valence-electron chi connectivity index (χ2n) is 5.70. The lowest BCUT2D eigenvalue weighted by Gasteiger charge is -2.08. The molecule has 0 unspecified atom stereocenters. The lowest BCUT2D eigenvalue weighted by atomic mass is 10.1. The molecule has 2 aromatic rings. The summed E-state index contributed by atoms with van der Waals surface area (Å²) < 4.78 is 5.15. The first kappa shape index (κ1) is 15.3. The minimum absolute atomic E-state index is 0.0203. The van der Waals surface area contributed by atoms with E-state index in [0.717, 1.165) is 37.4 Å². The summed E-state index contributed by atoms with van der Waals surface area (Å²) in [5, 5.41) is 6.25. The van der Waals surface area contributed by atoms with Gasteiger partial charge in [0.1, 0.15) is 11.6 Å². The molecule has 1 aromatic carbocycles. The second-order valence-corrected chi connectivity index (χ2v) is 5.70. The molecule has 5 nitrogen and oxygen atoms in total.